The molecule has 0 aromatic carbocycles. The third-order valence-electron chi connectivity index (χ3n) is 1.64. The molecule has 0 bridgehead atoms. The van der Waals surface area contributed by atoms with E-state index in [0.717, 1.165) is 12.8 Å². The predicted molar refractivity (Wildman–Crippen MR) is 51.0 cm³/mol. The summed E-state index contributed by atoms with van der Waals surface area (Å²) in [5, 5.41) is 0. The van der Waals surface area contributed by atoms with Gasteiger partial charge in [0.15, 0.2) is 0 Å². The van der Waals surface area contributed by atoms with Crippen molar-refractivity contribution in [3.05, 3.63) is 6.92 Å². The van der Waals surface area contributed by atoms with Crippen LogP contribution in [0.1, 0.15) is 40.5 Å². The van der Waals surface area contributed by atoms with Gasteiger partial charge in [0.1, 0.15) is 0 Å². The highest BCUT2D eigenvalue weighted by molar-refractivity contribution is 4.98. The zero-order valence-corrected chi connectivity index (χ0v) is 8.20. The lowest BCUT2D eigenvalue weighted by Crippen LogP contribution is -2.13. The molecule has 0 amide bonds. The van der Waals surface area contributed by atoms with Gasteiger partial charge in [-0.2, -0.15) is 0 Å². The molecule has 0 aliphatic carbocycles. The van der Waals surface area contributed by atoms with Crippen LogP contribution in [0.2, 0.25) is 0 Å². The fraction of sp³-hybridized carbons (Fsp3) is 0.727. The summed E-state index contributed by atoms with van der Waals surface area (Å²) in [5.41, 5.74) is 0.337. The van der Waals surface area contributed by atoms with E-state index < -0.39 is 0 Å². The maximum atomic E-state index is 3.98. The van der Waals surface area contributed by atoms with E-state index in [0.29, 0.717) is 11.3 Å². The highest BCUT2D eigenvalue weighted by Gasteiger charge is 2.17. The van der Waals surface area contributed by atoms with Gasteiger partial charge in [0.25, 0.3) is 0 Å². The number of rotatable bonds is 3. The summed E-state index contributed by atoms with van der Waals surface area (Å²) < 4.78 is 0. The van der Waals surface area contributed by atoms with Gasteiger partial charge in [-0.15, -0.1) is 11.8 Å². The second kappa shape index (κ2) is 4.44. The Hall–Kier alpha value is -0.440. The minimum Gasteiger partial charge on any atom is -0.107 e. The summed E-state index contributed by atoms with van der Waals surface area (Å²) in [5.74, 6) is 6.57. The Morgan fingerprint density at radius 3 is 2.36 bits per heavy atom. The summed E-state index contributed by atoms with van der Waals surface area (Å²) in [6, 6.07) is 0. The lowest BCUT2D eigenvalue weighted by molar-refractivity contribution is 0.308. The van der Waals surface area contributed by atoms with Crippen molar-refractivity contribution in [3.8, 4) is 11.8 Å². The van der Waals surface area contributed by atoms with Crippen LogP contribution in [-0.4, -0.2) is 0 Å². The summed E-state index contributed by atoms with van der Waals surface area (Å²) in [4.78, 5) is 0. The molecule has 0 heteroatoms. The Bertz CT molecular complexity index is 153. The molecule has 0 N–H and O–H groups in total. The first kappa shape index (κ1) is 10.6. The molecule has 0 saturated heterocycles. The zero-order chi connectivity index (χ0) is 8.91. The highest BCUT2D eigenvalue weighted by Crippen LogP contribution is 2.28. The van der Waals surface area contributed by atoms with E-state index in [4.69, 9.17) is 0 Å². The topological polar surface area (TPSA) is 0 Å². The van der Waals surface area contributed by atoms with Crippen LogP contribution in [0.25, 0.3) is 0 Å². The Labute approximate surface area is 71.4 Å². The minimum absolute atomic E-state index is 0.337. The Kier molecular flexibility index (Phi) is 4.26. The minimum atomic E-state index is 0.337. The fourth-order valence-electron chi connectivity index (χ4n) is 1.34. The summed E-state index contributed by atoms with van der Waals surface area (Å²) >= 11 is 0. The molecular weight excluding hydrogens is 132 g/mol. The quantitative estimate of drug-likeness (QED) is 0.543. The molecule has 1 unspecified atom stereocenters. The van der Waals surface area contributed by atoms with Crippen molar-refractivity contribution >= 4 is 0 Å². The van der Waals surface area contributed by atoms with Crippen molar-refractivity contribution in [2.75, 3.05) is 0 Å². The van der Waals surface area contributed by atoms with Crippen LogP contribution in [0.4, 0.5) is 0 Å². The van der Waals surface area contributed by atoms with Crippen LogP contribution in [0.3, 0.4) is 0 Å². The van der Waals surface area contributed by atoms with Gasteiger partial charge in [-0.1, -0.05) is 27.7 Å². The summed E-state index contributed by atoms with van der Waals surface area (Å²) in [6.07, 6.45) is 2.14. The van der Waals surface area contributed by atoms with Crippen molar-refractivity contribution < 1.29 is 0 Å². The summed E-state index contributed by atoms with van der Waals surface area (Å²) in [7, 11) is 0. The molecule has 0 nitrogen and oxygen atoms in total. The molecule has 0 fully saturated rings. The molecular formula is C11H19. The van der Waals surface area contributed by atoms with E-state index >= 15 is 0 Å². The first-order chi connectivity index (χ1) is 4.98. The highest BCUT2D eigenvalue weighted by atomic mass is 14.2. The van der Waals surface area contributed by atoms with E-state index in [1.165, 1.54) is 0 Å². The SMILES string of the molecule is [CH2]C(C)CC(C)(C)CC#CC. The number of hydrogen-bond donors (Lipinski definition) is 0. The van der Waals surface area contributed by atoms with E-state index in [-0.39, 0.29) is 0 Å². The van der Waals surface area contributed by atoms with Crippen LogP contribution < -0.4 is 0 Å². The van der Waals surface area contributed by atoms with Gasteiger partial charge in [-0.3, -0.25) is 0 Å². The van der Waals surface area contributed by atoms with Crippen LogP contribution in [-0.2, 0) is 0 Å². The van der Waals surface area contributed by atoms with E-state index in [1.54, 1.807) is 0 Å². The molecule has 0 spiro atoms. The van der Waals surface area contributed by atoms with Gasteiger partial charge in [0, 0.05) is 6.42 Å². The molecule has 1 radical (unpaired) electrons. The molecule has 0 aromatic heterocycles. The summed E-state index contributed by atoms with van der Waals surface area (Å²) in [6.45, 7) is 12.5. The van der Waals surface area contributed by atoms with Crippen molar-refractivity contribution in [2.45, 2.75) is 40.5 Å². The molecule has 0 aliphatic heterocycles. The van der Waals surface area contributed by atoms with Crippen LogP contribution in [0.15, 0.2) is 0 Å². The van der Waals surface area contributed by atoms with Crippen molar-refractivity contribution in [3.63, 3.8) is 0 Å². The van der Waals surface area contributed by atoms with Gasteiger partial charge in [-0.25, -0.2) is 0 Å². The normalized spacial score (nSPS) is 11.1. The largest absolute Gasteiger partial charge is 0.107 e. The average molecular weight is 151 g/mol. The first-order valence-corrected chi connectivity index (χ1v) is 4.20. The maximum Gasteiger partial charge on any atom is 0.0140 e. The van der Waals surface area contributed by atoms with Crippen LogP contribution in [0.5, 0.6) is 0 Å². The lowest BCUT2D eigenvalue weighted by Gasteiger charge is -2.23. The molecule has 1 atom stereocenters. The standard InChI is InChI=1S/C11H19/c1-6-7-8-11(4,5)9-10(2)3/h10H,2,8-9H2,1,3-5H3. The molecule has 0 aliphatic rings. The van der Waals surface area contributed by atoms with Gasteiger partial charge in [0.2, 0.25) is 0 Å². The second-order valence-electron chi connectivity index (χ2n) is 4.08. The lowest BCUT2D eigenvalue weighted by atomic mass is 9.81. The van der Waals surface area contributed by atoms with Gasteiger partial charge >= 0.3 is 0 Å². The van der Waals surface area contributed by atoms with E-state index in [9.17, 15) is 0 Å². The monoisotopic (exact) mass is 151 g/mol. The second-order valence-corrected chi connectivity index (χ2v) is 4.08. The Balaban J connectivity index is 3.86. The molecule has 11 heavy (non-hydrogen) atoms. The van der Waals surface area contributed by atoms with Crippen LogP contribution in [0, 0.1) is 30.1 Å². The molecule has 0 saturated carbocycles. The third-order valence-corrected chi connectivity index (χ3v) is 1.64. The molecule has 63 valence electrons. The van der Waals surface area contributed by atoms with E-state index in [1.807, 2.05) is 6.92 Å². The first-order valence-electron chi connectivity index (χ1n) is 4.20. The Morgan fingerprint density at radius 2 is 2.00 bits per heavy atom. The zero-order valence-electron chi connectivity index (χ0n) is 8.20. The number of hydrogen-bond acceptors (Lipinski definition) is 0. The third kappa shape index (κ3) is 5.98. The van der Waals surface area contributed by atoms with Gasteiger partial charge in [-0.05, 0) is 24.7 Å². The molecule has 0 rings (SSSR count). The van der Waals surface area contributed by atoms with E-state index in [2.05, 4.69) is 39.5 Å². The fourth-order valence-corrected chi connectivity index (χ4v) is 1.34. The van der Waals surface area contributed by atoms with Crippen molar-refractivity contribution in [1.29, 1.82) is 0 Å². The maximum absolute atomic E-state index is 3.98. The van der Waals surface area contributed by atoms with Crippen molar-refractivity contribution in [2.24, 2.45) is 11.3 Å². The predicted octanol–water partition coefficient (Wildman–Crippen LogP) is 3.29. The van der Waals surface area contributed by atoms with Gasteiger partial charge < -0.3 is 0 Å². The smallest absolute Gasteiger partial charge is 0.0140 e. The average Bonchev–Trinajstić information content (AvgIpc) is 1.81. The molecule has 0 aromatic rings. The Morgan fingerprint density at radius 1 is 1.45 bits per heavy atom. The van der Waals surface area contributed by atoms with Gasteiger partial charge in [0.05, 0.1) is 0 Å². The molecule has 0 heterocycles. The van der Waals surface area contributed by atoms with Crippen LogP contribution >= 0.6 is 0 Å². The van der Waals surface area contributed by atoms with Crippen molar-refractivity contribution in [1.82, 2.24) is 0 Å².